The second-order valence-corrected chi connectivity index (χ2v) is 32.7. The number of pyridine rings is 5. The Hall–Kier alpha value is -13.8. The third-order valence-electron chi connectivity index (χ3n) is 24.1. The number of primary amides is 1. The number of amides is 6. The number of nitrogens with two attached hydrogens (primary N) is 3. The molecule has 0 spiro atoms. The summed E-state index contributed by atoms with van der Waals surface area (Å²) in [6.45, 7) is 9.49. The molecule has 15 aromatic rings. The summed E-state index contributed by atoms with van der Waals surface area (Å²) in [6.07, 6.45) is 35.0. The summed E-state index contributed by atoms with van der Waals surface area (Å²) in [6, 6.07) is 58.3. The van der Waals surface area contributed by atoms with Crippen molar-refractivity contribution < 1.29 is 39.0 Å². The average molecular weight is 1690 g/mol. The smallest absolute Gasteiger partial charge is 0.255 e. The third-order valence-corrected chi connectivity index (χ3v) is 24.1. The molecule has 0 unspecified atom stereocenters. The molecule has 126 heavy (non-hydrogen) atoms. The second-order valence-electron chi connectivity index (χ2n) is 32.7. The molecule has 0 saturated carbocycles. The topological polar surface area (TPSA) is 326 Å². The van der Waals surface area contributed by atoms with E-state index in [1.807, 2.05) is 236 Å². The van der Waals surface area contributed by atoms with Gasteiger partial charge in [0.1, 0.15) is 28.2 Å². The largest absolute Gasteiger partial charge is 0.392 e. The number of aliphatic hydroxyl groups excluding tert-OH is 2. The second kappa shape index (κ2) is 40.2. The summed E-state index contributed by atoms with van der Waals surface area (Å²) in [5, 5.41) is 23.2. The number of carbonyl (C=O) groups excluding carboxylic acids is 6. The number of aromatic nitrogens is 10. The van der Waals surface area contributed by atoms with Crippen molar-refractivity contribution in [2.45, 2.75) is 123 Å². The van der Waals surface area contributed by atoms with Crippen LogP contribution in [-0.4, -0.2) is 183 Å². The Kier molecular flexibility index (Phi) is 27.4. The van der Waals surface area contributed by atoms with Crippen molar-refractivity contribution in [3.05, 3.63) is 300 Å². The molecule has 5 aliphatic rings. The minimum absolute atomic E-state index is 0.00888. The van der Waals surface area contributed by atoms with Crippen molar-refractivity contribution in [3.8, 4) is 28.4 Å². The van der Waals surface area contributed by atoms with E-state index in [1.165, 1.54) is 32.1 Å². The van der Waals surface area contributed by atoms with Crippen molar-refractivity contribution in [2.75, 3.05) is 65.4 Å². The first kappa shape index (κ1) is 85.8. The number of likely N-dealkylation sites (tertiary alicyclic amines) is 5. The van der Waals surface area contributed by atoms with Crippen LogP contribution in [0.3, 0.4) is 0 Å². The normalized spacial score (nSPS) is 14.8. The molecule has 0 aliphatic carbocycles. The highest BCUT2D eigenvalue weighted by Gasteiger charge is 2.26. The number of piperidine rings is 5. The quantitative estimate of drug-likeness (QED) is 0.0637. The summed E-state index contributed by atoms with van der Waals surface area (Å²) < 4.78 is 9.92. The lowest BCUT2D eigenvalue weighted by Crippen LogP contribution is -2.35. The van der Waals surface area contributed by atoms with Gasteiger partial charge >= 0.3 is 0 Å². The first-order chi connectivity index (χ1) is 61.7. The number of rotatable bonds is 15. The number of aliphatic hydroxyl groups is 2. The molecule has 5 saturated heterocycles. The Labute approximate surface area is 731 Å². The Bertz CT molecular complexity index is 6070. The highest BCUT2D eigenvalue weighted by atomic mass is 16.3. The molecule has 5 fully saturated rings. The van der Waals surface area contributed by atoms with Gasteiger partial charge in [0.15, 0.2) is 0 Å². The highest BCUT2D eigenvalue weighted by Crippen LogP contribution is 2.30. The molecule has 5 aliphatic heterocycles. The van der Waals surface area contributed by atoms with Crippen LogP contribution in [0.4, 0.5) is 0 Å². The van der Waals surface area contributed by atoms with Crippen molar-refractivity contribution in [2.24, 2.45) is 17.2 Å². The van der Waals surface area contributed by atoms with Crippen molar-refractivity contribution in [1.29, 1.82) is 0 Å². The highest BCUT2D eigenvalue weighted by molar-refractivity contribution is 6.01. The van der Waals surface area contributed by atoms with Crippen LogP contribution in [-0.2, 0) is 26.3 Å². The van der Waals surface area contributed by atoms with Gasteiger partial charge in [-0.05, 0) is 246 Å². The summed E-state index contributed by atoms with van der Waals surface area (Å²) in [7, 11) is 0. The summed E-state index contributed by atoms with van der Waals surface area (Å²) >= 11 is 0. The number of carbonyl (C=O) groups is 6. The van der Waals surface area contributed by atoms with Crippen LogP contribution in [0.5, 0.6) is 0 Å². The molecule has 0 atom stereocenters. The zero-order valence-corrected chi connectivity index (χ0v) is 70.9. The van der Waals surface area contributed by atoms with E-state index in [4.69, 9.17) is 22.3 Å². The van der Waals surface area contributed by atoms with Crippen LogP contribution in [0, 0.1) is 0 Å². The predicted octanol–water partition coefficient (Wildman–Crippen LogP) is 15.3. The first-order valence-electron chi connectivity index (χ1n) is 43.9. The van der Waals surface area contributed by atoms with Gasteiger partial charge in [0.05, 0.1) is 41.0 Å². The Morgan fingerprint density at radius 3 is 0.794 bits per heavy atom. The Morgan fingerprint density at radius 1 is 0.262 bits per heavy atom. The van der Waals surface area contributed by atoms with Crippen LogP contribution < -0.4 is 17.2 Å². The minimum atomic E-state index is -0.467. The molecular weight excluding hydrogens is 1580 g/mol. The van der Waals surface area contributed by atoms with Gasteiger partial charge in [-0.3, -0.25) is 28.8 Å². The monoisotopic (exact) mass is 1690 g/mol. The molecule has 15 heterocycles. The van der Waals surface area contributed by atoms with E-state index in [9.17, 15) is 33.9 Å². The number of nitrogens with zero attached hydrogens (tertiary/aromatic N) is 15. The molecule has 644 valence electrons. The predicted molar refractivity (Wildman–Crippen MR) is 490 cm³/mol. The summed E-state index contributed by atoms with van der Waals surface area (Å²) in [4.78, 5) is 107. The number of hydrogen-bond donors (Lipinski definition) is 5. The van der Waals surface area contributed by atoms with E-state index in [2.05, 4.69) is 31.0 Å². The molecule has 20 rings (SSSR count). The lowest BCUT2D eigenvalue weighted by atomic mass is 10.1. The maximum Gasteiger partial charge on any atom is 0.255 e. The lowest BCUT2D eigenvalue weighted by molar-refractivity contribution is 0.0716. The van der Waals surface area contributed by atoms with E-state index in [0.717, 1.165) is 236 Å². The van der Waals surface area contributed by atoms with Gasteiger partial charge in [-0.15, -0.1) is 0 Å². The van der Waals surface area contributed by atoms with Gasteiger partial charge in [0, 0.05) is 201 Å². The van der Waals surface area contributed by atoms with Gasteiger partial charge in [0.25, 0.3) is 29.5 Å². The van der Waals surface area contributed by atoms with Crippen LogP contribution >= 0.6 is 0 Å². The molecular formula is C100H106N18O8. The van der Waals surface area contributed by atoms with Crippen LogP contribution in [0.1, 0.15) is 181 Å². The molecule has 0 radical (unpaired) electrons. The van der Waals surface area contributed by atoms with E-state index < -0.39 is 5.91 Å². The fourth-order valence-corrected chi connectivity index (χ4v) is 17.1. The van der Waals surface area contributed by atoms with Crippen molar-refractivity contribution in [1.82, 2.24) is 72.3 Å². The Balaban J connectivity index is 0.000000116. The third kappa shape index (κ3) is 19.7. The number of benzene rings is 5. The minimum Gasteiger partial charge on any atom is -0.392 e. The SMILES string of the molecule is NC(=O)c1cccc(-n2ccc3cc(C(=O)N4CCCCC4)cnc32)c1.NCc1ccc(-n2ccc3cc(C(=O)N4CCCCC4)cnc32)cc1.NCc1cccc(-n2ccc3cc(C(=O)N4CCCCC4)cnc32)c1.O=C(c1cnc2c(ccn2-c2ccc(CO)cc2)c1)N1CCCCC1.O=C(c1cnc2c(ccn2-c2cccc(CO)c2)c1)N1CCCCC1. The van der Waals surface area contributed by atoms with Gasteiger partial charge < -0.3 is 74.7 Å². The van der Waals surface area contributed by atoms with Gasteiger partial charge in [-0.25, -0.2) is 24.9 Å². The van der Waals surface area contributed by atoms with E-state index >= 15 is 0 Å². The zero-order valence-electron chi connectivity index (χ0n) is 70.9. The first-order valence-corrected chi connectivity index (χ1v) is 43.9. The molecule has 10 aromatic heterocycles. The van der Waals surface area contributed by atoms with Crippen molar-refractivity contribution >= 4 is 90.6 Å². The fourth-order valence-electron chi connectivity index (χ4n) is 17.1. The maximum atomic E-state index is 12.7. The molecule has 6 amide bonds. The molecule has 26 nitrogen and oxygen atoms in total. The summed E-state index contributed by atoms with van der Waals surface area (Å²) in [5.74, 6) is -0.0901. The van der Waals surface area contributed by atoms with Crippen LogP contribution in [0.25, 0.3) is 83.6 Å². The van der Waals surface area contributed by atoms with Gasteiger partial charge in [-0.2, -0.15) is 0 Å². The molecule has 0 bridgehead atoms. The molecule has 8 N–H and O–H groups in total. The fraction of sp³-hybridized carbons (Fsp3) is 0.290. The van der Waals surface area contributed by atoms with Crippen molar-refractivity contribution in [3.63, 3.8) is 0 Å². The van der Waals surface area contributed by atoms with Gasteiger partial charge in [-0.1, -0.05) is 54.6 Å². The number of hydrogen-bond acceptors (Lipinski definition) is 15. The molecule has 26 heteroatoms. The van der Waals surface area contributed by atoms with E-state index in [1.54, 1.807) is 49.2 Å². The van der Waals surface area contributed by atoms with E-state index in [0.29, 0.717) is 46.5 Å². The lowest BCUT2D eigenvalue weighted by Gasteiger charge is -2.26. The van der Waals surface area contributed by atoms with Gasteiger partial charge in [0.2, 0.25) is 5.91 Å². The zero-order chi connectivity index (χ0) is 87.0. The molecule has 5 aromatic carbocycles. The van der Waals surface area contributed by atoms with Crippen LogP contribution in [0.15, 0.2) is 244 Å². The summed E-state index contributed by atoms with van der Waals surface area (Å²) in [5.41, 5.74) is 33.3. The Morgan fingerprint density at radius 2 is 0.516 bits per heavy atom. The number of fused-ring (bicyclic) bond motifs is 5. The maximum absolute atomic E-state index is 12.7. The average Bonchev–Trinajstić information content (AvgIpc) is 1.66. The van der Waals surface area contributed by atoms with E-state index in [-0.39, 0.29) is 42.7 Å². The van der Waals surface area contributed by atoms with Crippen LogP contribution in [0.2, 0.25) is 0 Å². The standard InChI is InChI=1S/C20H20N4O2.2C20H22N4O.2C20H21N3O2/c21-18(25)14-5-4-6-17(12-14)24-10-7-15-11-16(13-22-19(15)24)20(26)23-8-2-1-3-9-23;21-13-15-4-6-18(7-5-15)24-11-8-16-12-17(14-22-19(16)24)20(25)23-9-2-1-3-10-23;21-13-15-5-4-6-18(11-15)24-10-7-16-12-17(14-22-19(16)24)20(25)23-8-2-1-3-9-23;24-14-15-4-6-18(7-5-15)23-11-8-16-12-17(13-21-19(16)23)20(25)22-9-2-1-3-10-22;24-14-15-5-4-6-18(11-15)23-10-7-16-12-17(13-21-19(16)23)20(25)22-8-2-1-3-9-22/h4-7,10-13H,1-3,8-9H2,(H2,21,25);4-8,11-12,14H,1-3,9-10,13,21H2;4-7,10-12,14H,1-3,8-9,13,21H2;4-8,11-13,24H,1-3,9-10,14H2;4-7,10-13,24H,1-3,8-9,14H2.